The van der Waals surface area contributed by atoms with Gasteiger partial charge in [0.1, 0.15) is 0 Å². The maximum atomic E-state index is 12.2. The highest BCUT2D eigenvalue weighted by Crippen LogP contribution is 2.20. The molecule has 0 heterocycles. The second kappa shape index (κ2) is 5.00. The van der Waals surface area contributed by atoms with Gasteiger partial charge in [-0.2, -0.15) is 0 Å². The van der Waals surface area contributed by atoms with Gasteiger partial charge in [-0.05, 0) is 30.9 Å². The molecular formula is C15H17NO. The number of benzene rings is 1. The SMILES string of the molecule is CCc1ccc(C(=O)C2=CCCC=C2)cc1N. The van der Waals surface area contributed by atoms with Gasteiger partial charge in [0.25, 0.3) is 0 Å². The van der Waals surface area contributed by atoms with Crippen molar-refractivity contribution in [2.45, 2.75) is 26.2 Å². The molecule has 17 heavy (non-hydrogen) atoms. The van der Waals surface area contributed by atoms with E-state index in [9.17, 15) is 4.79 Å². The van der Waals surface area contributed by atoms with Crippen molar-refractivity contribution < 1.29 is 4.79 Å². The molecule has 0 saturated carbocycles. The third kappa shape index (κ3) is 2.47. The van der Waals surface area contributed by atoms with Gasteiger partial charge in [0.15, 0.2) is 5.78 Å². The number of Topliss-reactive ketones (excluding diaryl/α,β-unsaturated/α-hetero) is 1. The van der Waals surface area contributed by atoms with E-state index in [4.69, 9.17) is 5.73 Å². The van der Waals surface area contributed by atoms with Crippen LogP contribution in [0.5, 0.6) is 0 Å². The average molecular weight is 227 g/mol. The summed E-state index contributed by atoms with van der Waals surface area (Å²) < 4.78 is 0. The summed E-state index contributed by atoms with van der Waals surface area (Å²) in [4.78, 5) is 12.2. The first-order valence-corrected chi connectivity index (χ1v) is 6.02. The quantitative estimate of drug-likeness (QED) is 0.636. The lowest BCUT2D eigenvalue weighted by Gasteiger charge is -2.08. The van der Waals surface area contributed by atoms with Crippen LogP contribution in [0.25, 0.3) is 0 Å². The Bertz CT molecular complexity index is 498. The summed E-state index contributed by atoms with van der Waals surface area (Å²) in [6.45, 7) is 2.06. The van der Waals surface area contributed by atoms with Crippen LogP contribution >= 0.6 is 0 Å². The van der Waals surface area contributed by atoms with E-state index in [1.807, 2.05) is 30.4 Å². The smallest absolute Gasteiger partial charge is 0.192 e. The predicted octanol–water partition coefficient (Wildman–Crippen LogP) is 3.29. The van der Waals surface area contributed by atoms with Crippen molar-refractivity contribution in [1.29, 1.82) is 0 Å². The molecule has 0 fully saturated rings. The standard InChI is InChI=1S/C15H17NO/c1-2-11-8-9-13(10-14(11)16)15(17)12-6-4-3-5-7-12/h4,6-10H,2-3,5,16H2,1H3. The minimum absolute atomic E-state index is 0.0651. The first-order chi connectivity index (χ1) is 8.22. The minimum atomic E-state index is 0.0651. The molecule has 2 rings (SSSR count). The minimum Gasteiger partial charge on any atom is -0.398 e. The molecule has 0 saturated heterocycles. The average Bonchev–Trinajstić information content (AvgIpc) is 2.39. The highest BCUT2D eigenvalue weighted by Gasteiger charge is 2.12. The Balaban J connectivity index is 2.28. The van der Waals surface area contributed by atoms with E-state index in [2.05, 4.69) is 6.92 Å². The van der Waals surface area contributed by atoms with Gasteiger partial charge >= 0.3 is 0 Å². The Kier molecular flexibility index (Phi) is 3.43. The molecule has 0 radical (unpaired) electrons. The van der Waals surface area contributed by atoms with Crippen LogP contribution in [-0.2, 0) is 6.42 Å². The molecule has 0 aliphatic heterocycles. The first kappa shape index (κ1) is 11.6. The molecule has 0 spiro atoms. The van der Waals surface area contributed by atoms with Crippen LogP contribution in [0.2, 0.25) is 0 Å². The molecule has 2 nitrogen and oxygen atoms in total. The Morgan fingerprint density at radius 3 is 2.76 bits per heavy atom. The van der Waals surface area contributed by atoms with Crippen molar-refractivity contribution in [2.24, 2.45) is 0 Å². The molecule has 0 aromatic heterocycles. The van der Waals surface area contributed by atoms with E-state index < -0.39 is 0 Å². The van der Waals surface area contributed by atoms with Crippen LogP contribution in [0.15, 0.2) is 42.0 Å². The molecular weight excluding hydrogens is 210 g/mol. The number of anilines is 1. The number of rotatable bonds is 3. The highest BCUT2D eigenvalue weighted by molar-refractivity contribution is 6.11. The summed E-state index contributed by atoms with van der Waals surface area (Å²) in [5.41, 5.74) is 9.16. The van der Waals surface area contributed by atoms with Gasteiger partial charge < -0.3 is 5.73 Å². The van der Waals surface area contributed by atoms with Crippen molar-refractivity contribution in [3.8, 4) is 0 Å². The van der Waals surface area contributed by atoms with Crippen molar-refractivity contribution in [1.82, 2.24) is 0 Å². The highest BCUT2D eigenvalue weighted by atomic mass is 16.1. The molecule has 1 aromatic rings. The van der Waals surface area contributed by atoms with Crippen LogP contribution in [0.4, 0.5) is 5.69 Å². The van der Waals surface area contributed by atoms with Crippen LogP contribution in [-0.4, -0.2) is 5.78 Å². The van der Waals surface area contributed by atoms with E-state index in [0.717, 1.165) is 30.4 Å². The van der Waals surface area contributed by atoms with E-state index in [0.29, 0.717) is 11.3 Å². The molecule has 88 valence electrons. The third-order valence-corrected chi connectivity index (χ3v) is 3.05. The summed E-state index contributed by atoms with van der Waals surface area (Å²) in [5, 5.41) is 0. The summed E-state index contributed by atoms with van der Waals surface area (Å²) in [5.74, 6) is 0.0651. The largest absolute Gasteiger partial charge is 0.398 e. The van der Waals surface area contributed by atoms with Crippen LogP contribution in [0.1, 0.15) is 35.7 Å². The van der Waals surface area contributed by atoms with Crippen LogP contribution < -0.4 is 5.73 Å². The lowest BCUT2D eigenvalue weighted by atomic mass is 9.96. The molecule has 1 aromatic carbocycles. The molecule has 1 aliphatic carbocycles. The lowest BCUT2D eigenvalue weighted by Crippen LogP contribution is -2.05. The fraction of sp³-hybridized carbons (Fsp3) is 0.267. The predicted molar refractivity (Wildman–Crippen MR) is 71.0 cm³/mol. The first-order valence-electron chi connectivity index (χ1n) is 6.02. The van der Waals surface area contributed by atoms with E-state index in [1.165, 1.54) is 0 Å². The van der Waals surface area contributed by atoms with E-state index in [1.54, 1.807) is 6.07 Å². The molecule has 0 amide bonds. The zero-order valence-corrected chi connectivity index (χ0v) is 10.1. The summed E-state index contributed by atoms with van der Waals surface area (Å²) in [7, 11) is 0. The van der Waals surface area contributed by atoms with Crippen LogP contribution in [0, 0.1) is 0 Å². The van der Waals surface area contributed by atoms with Gasteiger partial charge in [-0.3, -0.25) is 4.79 Å². The molecule has 2 heteroatoms. The molecule has 1 aliphatic rings. The third-order valence-electron chi connectivity index (χ3n) is 3.05. The number of aryl methyl sites for hydroxylation is 1. The zero-order valence-electron chi connectivity index (χ0n) is 10.1. The number of hydrogen-bond donors (Lipinski definition) is 1. The topological polar surface area (TPSA) is 43.1 Å². The summed E-state index contributed by atoms with van der Waals surface area (Å²) in [6, 6.07) is 5.58. The Morgan fingerprint density at radius 2 is 2.18 bits per heavy atom. The van der Waals surface area contributed by atoms with Gasteiger partial charge in [-0.15, -0.1) is 0 Å². The summed E-state index contributed by atoms with van der Waals surface area (Å²) in [6.07, 6.45) is 8.79. The van der Waals surface area contributed by atoms with E-state index >= 15 is 0 Å². The normalized spacial score (nSPS) is 14.5. The molecule has 0 bridgehead atoms. The number of carbonyl (C=O) groups excluding carboxylic acids is 1. The zero-order chi connectivity index (χ0) is 12.3. The van der Waals surface area contributed by atoms with E-state index in [-0.39, 0.29) is 5.78 Å². The van der Waals surface area contributed by atoms with Crippen molar-refractivity contribution in [3.63, 3.8) is 0 Å². The molecule has 2 N–H and O–H groups in total. The number of allylic oxidation sites excluding steroid dienone is 4. The monoisotopic (exact) mass is 227 g/mol. The Hall–Kier alpha value is -1.83. The Morgan fingerprint density at radius 1 is 1.35 bits per heavy atom. The fourth-order valence-corrected chi connectivity index (χ4v) is 2.01. The molecule has 0 unspecified atom stereocenters. The summed E-state index contributed by atoms with van der Waals surface area (Å²) >= 11 is 0. The van der Waals surface area contributed by atoms with Crippen LogP contribution in [0.3, 0.4) is 0 Å². The van der Waals surface area contributed by atoms with Gasteiger partial charge in [0.05, 0.1) is 0 Å². The van der Waals surface area contributed by atoms with Gasteiger partial charge in [0.2, 0.25) is 0 Å². The van der Waals surface area contributed by atoms with Gasteiger partial charge in [0, 0.05) is 16.8 Å². The van der Waals surface area contributed by atoms with Gasteiger partial charge in [-0.25, -0.2) is 0 Å². The molecule has 0 atom stereocenters. The van der Waals surface area contributed by atoms with Crippen molar-refractivity contribution in [3.05, 3.63) is 53.1 Å². The maximum Gasteiger partial charge on any atom is 0.192 e. The number of hydrogen-bond acceptors (Lipinski definition) is 2. The number of nitrogen functional groups attached to an aromatic ring is 1. The number of carbonyl (C=O) groups is 1. The maximum absolute atomic E-state index is 12.2. The fourth-order valence-electron chi connectivity index (χ4n) is 2.01. The Labute approximate surface area is 102 Å². The van der Waals surface area contributed by atoms with Gasteiger partial charge in [-0.1, -0.05) is 37.3 Å². The second-order valence-electron chi connectivity index (χ2n) is 4.24. The second-order valence-corrected chi connectivity index (χ2v) is 4.24. The number of nitrogens with two attached hydrogens (primary N) is 1. The van der Waals surface area contributed by atoms with Crippen molar-refractivity contribution >= 4 is 11.5 Å². The lowest BCUT2D eigenvalue weighted by molar-refractivity contribution is 0.103. The number of ketones is 1. The van der Waals surface area contributed by atoms with Crippen molar-refractivity contribution in [2.75, 3.05) is 5.73 Å².